The molecule has 0 amide bonds. The molecular weight excluding hydrogens is 178 g/mol. The Kier molecular flexibility index (Phi) is 2.59. The largest absolute Gasteiger partial charge is 0.454 e. The van der Waals surface area contributed by atoms with Gasteiger partial charge in [-0.05, 0) is 38.6 Å². The Bertz CT molecular complexity index is 336. The van der Waals surface area contributed by atoms with Gasteiger partial charge in [0, 0.05) is 5.56 Å². The van der Waals surface area contributed by atoms with Crippen molar-refractivity contribution in [2.24, 2.45) is 0 Å². The number of fused-ring (bicyclic) bond motifs is 1. The molecule has 14 heavy (non-hydrogen) atoms. The van der Waals surface area contributed by atoms with E-state index in [0.717, 1.165) is 24.5 Å². The molecule has 0 radical (unpaired) electrons. The average molecular weight is 193 g/mol. The fourth-order valence-corrected chi connectivity index (χ4v) is 1.69. The lowest BCUT2D eigenvalue weighted by molar-refractivity contribution is 0.173. The number of hydrogen-bond donors (Lipinski definition) is 1. The second-order valence-corrected chi connectivity index (χ2v) is 3.45. The number of aryl methyl sites for hydroxylation is 1. The minimum Gasteiger partial charge on any atom is -0.454 e. The highest BCUT2D eigenvalue weighted by molar-refractivity contribution is 5.51. The summed E-state index contributed by atoms with van der Waals surface area (Å²) in [6.45, 7) is 3.42. The van der Waals surface area contributed by atoms with E-state index in [-0.39, 0.29) is 0 Å². The first-order valence-electron chi connectivity index (χ1n) is 4.85. The van der Waals surface area contributed by atoms with Gasteiger partial charge in [0.25, 0.3) is 0 Å². The van der Waals surface area contributed by atoms with Crippen molar-refractivity contribution in [1.29, 1.82) is 0 Å². The average Bonchev–Trinajstić information content (AvgIpc) is 2.64. The van der Waals surface area contributed by atoms with Crippen molar-refractivity contribution in [2.45, 2.75) is 13.3 Å². The van der Waals surface area contributed by atoms with Crippen LogP contribution in [0.1, 0.15) is 11.1 Å². The maximum absolute atomic E-state index is 5.46. The standard InChI is InChI=1S/C11H15NO2/c1-8-3-4-10-11(14-7-13-10)9(8)5-6-12-2/h3-4,12H,5-7H2,1-2H3. The monoisotopic (exact) mass is 193 g/mol. The second kappa shape index (κ2) is 3.88. The molecule has 0 spiro atoms. The number of ether oxygens (including phenoxy) is 2. The summed E-state index contributed by atoms with van der Waals surface area (Å²) in [6, 6.07) is 4.05. The quantitative estimate of drug-likeness (QED) is 0.788. The van der Waals surface area contributed by atoms with Crippen LogP contribution in [0, 0.1) is 6.92 Å². The van der Waals surface area contributed by atoms with Crippen molar-refractivity contribution in [1.82, 2.24) is 5.32 Å². The van der Waals surface area contributed by atoms with Crippen LogP contribution in [-0.2, 0) is 6.42 Å². The van der Waals surface area contributed by atoms with Crippen molar-refractivity contribution >= 4 is 0 Å². The van der Waals surface area contributed by atoms with E-state index in [9.17, 15) is 0 Å². The van der Waals surface area contributed by atoms with Gasteiger partial charge in [-0.15, -0.1) is 0 Å². The van der Waals surface area contributed by atoms with Crippen LogP contribution in [0.3, 0.4) is 0 Å². The van der Waals surface area contributed by atoms with Gasteiger partial charge in [-0.2, -0.15) is 0 Å². The molecule has 1 aliphatic heterocycles. The van der Waals surface area contributed by atoms with E-state index in [0.29, 0.717) is 6.79 Å². The van der Waals surface area contributed by atoms with Crippen molar-refractivity contribution in [3.63, 3.8) is 0 Å². The number of benzene rings is 1. The fourth-order valence-electron chi connectivity index (χ4n) is 1.69. The van der Waals surface area contributed by atoms with Crippen LogP contribution in [0.25, 0.3) is 0 Å². The summed E-state index contributed by atoms with van der Waals surface area (Å²) in [6.07, 6.45) is 0.981. The summed E-state index contributed by atoms with van der Waals surface area (Å²) in [4.78, 5) is 0. The van der Waals surface area contributed by atoms with Gasteiger partial charge in [-0.25, -0.2) is 0 Å². The molecule has 3 nitrogen and oxygen atoms in total. The van der Waals surface area contributed by atoms with Gasteiger partial charge in [0.15, 0.2) is 11.5 Å². The Morgan fingerprint density at radius 2 is 2.21 bits per heavy atom. The zero-order valence-electron chi connectivity index (χ0n) is 8.59. The minimum atomic E-state index is 0.353. The smallest absolute Gasteiger partial charge is 0.231 e. The molecule has 0 aromatic heterocycles. The molecule has 0 fully saturated rings. The van der Waals surface area contributed by atoms with Crippen molar-refractivity contribution in [3.8, 4) is 11.5 Å². The predicted octanol–water partition coefficient (Wildman–Crippen LogP) is 1.49. The molecular formula is C11H15NO2. The molecule has 2 rings (SSSR count). The van der Waals surface area contributed by atoms with E-state index in [2.05, 4.69) is 18.3 Å². The normalized spacial score (nSPS) is 13.3. The Labute approximate surface area is 84.0 Å². The highest BCUT2D eigenvalue weighted by Gasteiger charge is 2.18. The summed E-state index contributed by atoms with van der Waals surface area (Å²) in [5.74, 6) is 1.81. The summed E-state index contributed by atoms with van der Waals surface area (Å²) in [5, 5.41) is 3.14. The highest BCUT2D eigenvalue weighted by Crippen LogP contribution is 2.37. The van der Waals surface area contributed by atoms with Crippen molar-refractivity contribution < 1.29 is 9.47 Å². The number of nitrogens with one attached hydrogen (secondary N) is 1. The lowest BCUT2D eigenvalue weighted by Crippen LogP contribution is -2.11. The van der Waals surface area contributed by atoms with Crippen molar-refractivity contribution in [2.75, 3.05) is 20.4 Å². The molecule has 1 aromatic carbocycles. The number of hydrogen-bond acceptors (Lipinski definition) is 3. The van der Waals surface area contributed by atoms with E-state index in [1.54, 1.807) is 0 Å². The molecule has 1 aliphatic rings. The molecule has 0 bridgehead atoms. The van der Waals surface area contributed by atoms with E-state index in [1.165, 1.54) is 11.1 Å². The van der Waals surface area contributed by atoms with Gasteiger partial charge in [0.05, 0.1) is 0 Å². The van der Waals surface area contributed by atoms with Gasteiger partial charge in [-0.1, -0.05) is 6.07 Å². The van der Waals surface area contributed by atoms with Crippen LogP contribution in [0.5, 0.6) is 11.5 Å². The third kappa shape index (κ3) is 1.55. The maximum Gasteiger partial charge on any atom is 0.231 e. The SMILES string of the molecule is CNCCc1c(C)ccc2c1OCO2. The summed E-state index contributed by atoms with van der Waals surface area (Å²) in [5.41, 5.74) is 2.53. The molecule has 1 heterocycles. The van der Waals surface area contributed by atoms with E-state index in [1.807, 2.05) is 13.1 Å². The molecule has 0 atom stereocenters. The van der Waals surface area contributed by atoms with E-state index < -0.39 is 0 Å². The molecule has 1 aromatic rings. The molecule has 0 saturated heterocycles. The number of likely N-dealkylation sites (N-methyl/N-ethyl adjacent to an activating group) is 1. The first-order chi connectivity index (χ1) is 6.83. The third-order valence-electron chi connectivity index (χ3n) is 2.50. The van der Waals surface area contributed by atoms with Crippen LogP contribution in [0.15, 0.2) is 12.1 Å². The highest BCUT2D eigenvalue weighted by atomic mass is 16.7. The Balaban J connectivity index is 2.31. The van der Waals surface area contributed by atoms with Crippen LogP contribution < -0.4 is 14.8 Å². The number of rotatable bonds is 3. The van der Waals surface area contributed by atoms with Crippen LogP contribution in [0.4, 0.5) is 0 Å². The lowest BCUT2D eigenvalue weighted by atomic mass is 10.0. The maximum atomic E-state index is 5.46. The topological polar surface area (TPSA) is 30.5 Å². The first-order valence-corrected chi connectivity index (χ1v) is 4.85. The zero-order chi connectivity index (χ0) is 9.97. The summed E-state index contributed by atoms with van der Waals surface area (Å²) in [7, 11) is 1.95. The third-order valence-corrected chi connectivity index (χ3v) is 2.50. The van der Waals surface area contributed by atoms with Gasteiger partial charge in [0.2, 0.25) is 6.79 Å². The predicted molar refractivity (Wildman–Crippen MR) is 54.9 cm³/mol. The van der Waals surface area contributed by atoms with Gasteiger partial charge >= 0.3 is 0 Å². The minimum absolute atomic E-state index is 0.353. The molecule has 1 N–H and O–H groups in total. The molecule has 0 saturated carbocycles. The van der Waals surface area contributed by atoms with Gasteiger partial charge in [0.1, 0.15) is 0 Å². The Morgan fingerprint density at radius 1 is 1.36 bits per heavy atom. The van der Waals surface area contributed by atoms with E-state index in [4.69, 9.17) is 9.47 Å². The first kappa shape index (κ1) is 9.34. The van der Waals surface area contributed by atoms with Crippen molar-refractivity contribution in [3.05, 3.63) is 23.3 Å². The summed E-state index contributed by atoms with van der Waals surface area (Å²) < 4.78 is 10.8. The molecule has 76 valence electrons. The van der Waals surface area contributed by atoms with Crippen LogP contribution in [0.2, 0.25) is 0 Å². The summed E-state index contributed by atoms with van der Waals surface area (Å²) >= 11 is 0. The fraction of sp³-hybridized carbons (Fsp3) is 0.455. The van der Waals surface area contributed by atoms with Gasteiger partial charge < -0.3 is 14.8 Å². The Morgan fingerprint density at radius 3 is 3.00 bits per heavy atom. The Hall–Kier alpha value is -1.22. The van der Waals surface area contributed by atoms with Gasteiger partial charge in [-0.3, -0.25) is 0 Å². The van der Waals surface area contributed by atoms with Crippen LogP contribution in [-0.4, -0.2) is 20.4 Å². The molecule has 3 heteroatoms. The van der Waals surface area contributed by atoms with E-state index >= 15 is 0 Å². The molecule has 0 unspecified atom stereocenters. The second-order valence-electron chi connectivity index (χ2n) is 3.45. The zero-order valence-corrected chi connectivity index (χ0v) is 8.59. The lowest BCUT2D eigenvalue weighted by Gasteiger charge is -2.08. The molecule has 0 aliphatic carbocycles. The van der Waals surface area contributed by atoms with Crippen LogP contribution >= 0.6 is 0 Å².